The Bertz CT molecular complexity index is 784. The summed E-state index contributed by atoms with van der Waals surface area (Å²) in [5.74, 6) is -0.882. The van der Waals surface area contributed by atoms with Crippen molar-refractivity contribution in [2.75, 3.05) is 0 Å². The van der Waals surface area contributed by atoms with Crippen LogP contribution in [0.4, 0.5) is 4.39 Å². The van der Waals surface area contributed by atoms with Gasteiger partial charge in [-0.3, -0.25) is 0 Å². The van der Waals surface area contributed by atoms with Gasteiger partial charge in [-0.2, -0.15) is 0 Å². The van der Waals surface area contributed by atoms with Gasteiger partial charge in [0.15, 0.2) is 0 Å². The predicted molar refractivity (Wildman–Crippen MR) is 77.3 cm³/mol. The average molecular weight is 281 g/mol. The number of halogens is 1. The number of hydrogen-bond acceptors (Lipinski definition) is 3. The lowest BCUT2D eigenvalue weighted by Crippen LogP contribution is -2.06. The molecule has 0 saturated carbocycles. The van der Waals surface area contributed by atoms with E-state index in [1.165, 1.54) is 24.3 Å². The third-order valence-electron chi connectivity index (χ3n) is 3.09. The molecule has 0 saturated heterocycles. The molecule has 0 bridgehead atoms. The minimum Gasteiger partial charge on any atom is -0.456 e. The first kappa shape index (κ1) is 13.2. The van der Waals surface area contributed by atoms with Crippen LogP contribution in [0.5, 0.6) is 0 Å². The topological polar surface area (TPSA) is 39.2 Å². The maximum Gasteiger partial charge on any atom is 0.338 e. The Morgan fingerprint density at radius 1 is 1.00 bits per heavy atom. The fourth-order valence-electron chi connectivity index (χ4n) is 2.00. The number of rotatable bonds is 3. The van der Waals surface area contributed by atoms with Gasteiger partial charge in [-0.25, -0.2) is 14.2 Å². The molecule has 0 unspecified atom stereocenters. The molecule has 2 aromatic carbocycles. The normalized spacial score (nSPS) is 10.5. The van der Waals surface area contributed by atoms with Crippen molar-refractivity contribution in [3.05, 3.63) is 77.7 Å². The van der Waals surface area contributed by atoms with Crippen molar-refractivity contribution in [1.82, 2.24) is 4.98 Å². The van der Waals surface area contributed by atoms with Gasteiger partial charge in [0.25, 0.3) is 0 Å². The largest absolute Gasteiger partial charge is 0.456 e. The number of pyridine rings is 1. The highest BCUT2D eigenvalue weighted by atomic mass is 19.1. The van der Waals surface area contributed by atoms with E-state index < -0.39 is 5.97 Å². The van der Waals surface area contributed by atoms with E-state index in [0.29, 0.717) is 11.3 Å². The van der Waals surface area contributed by atoms with E-state index in [1.54, 1.807) is 0 Å². The summed E-state index contributed by atoms with van der Waals surface area (Å²) in [6.07, 6.45) is 0. The second-order valence-corrected chi connectivity index (χ2v) is 4.58. The van der Waals surface area contributed by atoms with Crippen LogP contribution in [0.1, 0.15) is 16.1 Å². The number of benzene rings is 2. The third-order valence-corrected chi connectivity index (χ3v) is 3.09. The summed E-state index contributed by atoms with van der Waals surface area (Å²) < 4.78 is 18.0. The number of ether oxygens (including phenoxy) is 1. The van der Waals surface area contributed by atoms with Crippen LogP contribution < -0.4 is 0 Å². The van der Waals surface area contributed by atoms with Crippen LogP contribution in [0.2, 0.25) is 0 Å². The number of carbonyl (C=O) groups excluding carboxylic acids is 1. The Morgan fingerprint density at radius 3 is 2.57 bits per heavy atom. The van der Waals surface area contributed by atoms with Crippen LogP contribution in [0.15, 0.2) is 60.7 Å². The van der Waals surface area contributed by atoms with Gasteiger partial charge in [0.1, 0.15) is 12.4 Å². The molecule has 0 aliphatic rings. The van der Waals surface area contributed by atoms with Crippen molar-refractivity contribution < 1.29 is 13.9 Å². The van der Waals surface area contributed by atoms with E-state index >= 15 is 0 Å². The van der Waals surface area contributed by atoms with Gasteiger partial charge in [0.2, 0.25) is 0 Å². The van der Waals surface area contributed by atoms with Crippen LogP contribution in [0.25, 0.3) is 10.9 Å². The molecule has 21 heavy (non-hydrogen) atoms. The number of hydrogen-bond donors (Lipinski definition) is 0. The highest BCUT2D eigenvalue weighted by Gasteiger charge is 2.08. The second kappa shape index (κ2) is 5.71. The van der Waals surface area contributed by atoms with Gasteiger partial charge in [-0.1, -0.05) is 24.3 Å². The molecule has 0 atom stereocenters. The highest BCUT2D eigenvalue weighted by Crippen LogP contribution is 2.13. The van der Waals surface area contributed by atoms with Crippen LogP contribution in [0, 0.1) is 5.82 Å². The number of aromatic nitrogens is 1. The molecule has 3 nitrogen and oxygen atoms in total. The first-order valence-corrected chi connectivity index (χ1v) is 6.50. The van der Waals surface area contributed by atoms with Gasteiger partial charge in [-0.05, 0) is 36.4 Å². The van der Waals surface area contributed by atoms with Crippen LogP contribution in [0.3, 0.4) is 0 Å². The smallest absolute Gasteiger partial charge is 0.338 e. The van der Waals surface area contributed by atoms with Gasteiger partial charge < -0.3 is 4.74 Å². The Hall–Kier alpha value is -2.75. The molecule has 0 N–H and O–H groups in total. The second-order valence-electron chi connectivity index (χ2n) is 4.58. The summed E-state index contributed by atoms with van der Waals surface area (Å²) in [5.41, 5.74) is 1.84. The molecule has 4 heteroatoms. The van der Waals surface area contributed by atoms with Crippen molar-refractivity contribution in [2.45, 2.75) is 6.61 Å². The molecule has 0 fully saturated rings. The van der Waals surface area contributed by atoms with Gasteiger partial charge >= 0.3 is 5.97 Å². The van der Waals surface area contributed by atoms with Gasteiger partial charge in [0, 0.05) is 5.39 Å². The molecule has 3 aromatic rings. The fourth-order valence-corrected chi connectivity index (χ4v) is 2.00. The maximum absolute atomic E-state index is 12.8. The zero-order valence-corrected chi connectivity index (χ0v) is 11.1. The number of carbonyl (C=O) groups is 1. The van der Waals surface area contributed by atoms with E-state index in [1.807, 2.05) is 36.4 Å². The van der Waals surface area contributed by atoms with Crippen molar-refractivity contribution in [3.8, 4) is 0 Å². The lowest BCUT2D eigenvalue weighted by molar-refractivity contribution is 0.0468. The quantitative estimate of drug-likeness (QED) is 0.687. The first-order valence-electron chi connectivity index (χ1n) is 6.50. The third kappa shape index (κ3) is 3.05. The molecule has 0 aliphatic carbocycles. The first-order chi connectivity index (χ1) is 10.2. The van der Waals surface area contributed by atoms with Crippen LogP contribution in [-0.2, 0) is 11.3 Å². The number of para-hydroxylation sites is 1. The predicted octanol–water partition coefficient (Wildman–Crippen LogP) is 3.73. The summed E-state index contributed by atoms with van der Waals surface area (Å²) in [5, 5.41) is 1.03. The van der Waals surface area contributed by atoms with Crippen molar-refractivity contribution in [3.63, 3.8) is 0 Å². The lowest BCUT2D eigenvalue weighted by Gasteiger charge is -2.05. The van der Waals surface area contributed by atoms with E-state index in [2.05, 4.69) is 4.98 Å². The number of nitrogens with zero attached hydrogens (tertiary/aromatic N) is 1. The number of fused-ring (bicyclic) bond motifs is 1. The summed E-state index contributed by atoms with van der Waals surface area (Å²) in [4.78, 5) is 16.2. The molecule has 0 radical (unpaired) electrons. The molecule has 0 amide bonds. The Labute approximate surface area is 121 Å². The van der Waals surface area contributed by atoms with Crippen molar-refractivity contribution in [2.24, 2.45) is 0 Å². The van der Waals surface area contributed by atoms with E-state index in [0.717, 1.165) is 10.9 Å². The van der Waals surface area contributed by atoms with E-state index in [4.69, 9.17) is 4.74 Å². The van der Waals surface area contributed by atoms with Crippen molar-refractivity contribution in [1.29, 1.82) is 0 Å². The van der Waals surface area contributed by atoms with Gasteiger partial charge in [0.05, 0.1) is 16.8 Å². The zero-order valence-electron chi connectivity index (χ0n) is 11.1. The van der Waals surface area contributed by atoms with Crippen molar-refractivity contribution >= 4 is 16.9 Å². The lowest BCUT2D eigenvalue weighted by atomic mass is 10.2. The van der Waals surface area contributed by atoms with Crippen LogP contribution in [-0.4, -0.2) is 11.0 Å². The molecular formula is C17H12FNO2. The Balaban J connectivity index is 1.71. The Morgan fingerprint density at radius 2 is 1.76 bits per heavy atom. The average Bonchev–Trinajstić information content (AvgIpc) is 2.53. The monoisotopic (exact) mass is 281 g/mol. The molecule has 0 aliphatic heterocycles. The molecule has 1 aromatic heterocycles. The summed E-state index contributed by atoms with van der Waals surface area (Å²) in [6, 6.07) is 16.7. The standard InChI is InChI=1S/C17H12FNO2/c18-14-8-5-13(6-9-14)17(20)21-11-15-10-7-12-3-1-2-4-16(12)19-15/h1-10H,11H2. The molecule has 0 spiro atoms. The summed E-state index contributed by atoms with van der Waals surface area (Å²) >= 11 is 0. The maximum atomic E-state index is 12.8. The Kier molecular flexibility index (Phi) is 3.60. The molecule has 1 heterocycles. The van der Waals surface area contributed by atoms with Crippen LogP contribution >= 0.6 is 0 Å². The summed E-state index contributed by atoms with van der Waals surface area (Å²) in [7, 11) is 0. The molecule has 3 rings (SSSR count). The SMILES string of the molecule is O=C(OCc1ccc2ccccc2n1)c1ccc(F)cc1. The van der Waals surface area contributed by atoms with E-state index in [9.17, 15) is 9.18 Å². The minimum absolute atomic E-state index is 0.0844. The molecule has 104 valence electrons. The van der Waals surface area contributed by atoms with E-state index in [-0.39, 0.29) is 12.4 Å². The minimum atomic E-state index is -0.495. The number of esters is 1. The molecular weight excluding hydrogens is 269 g/mol. The summed E-state index contributed by atoms with van der Waals surface area (Å²) in [6.45, 7) is 0.0844. The fraction of sp³-hybridized carbons (Fsp3) is 0.0588. The van der Waals surface area contributed by atoms with Gasteiger partial charge in [-0.15, -0.1) is 0 Å². The zero-order chi connectivity index (χ0) is 14.7. The highest BCUT2D eigenvalue weighted by molar-refractivity contribution is 5.89.